The Morgan fingerprint density at radius 2 is 1.90 bits per heavy atom. The van der Waals surface area contributed by atoms with Gasteiger partial charge in [-0.1, -0.05) is 30.3 Å². The first-order chi connectivity index (χ1) is 14.1. The summed E-state index contributed by atoms with van der Waals surface area (Å²) in [6.07, 6.45) is 5.35. The zero-order valence-corrected chi connectivity index (χ0v) is 18.1. The number of carbonyl (C=O) groups is 1. The Morgan fingerprint density at radius 3 is 2.62 bits per heavy atom. The molecule has 2 N–H and O–H groups in total. The van der Waals surface area contributed by atoms with Crippen molar-refractivity contribution in [3.8, 4) is 0 Å². The van der Waals surface area contributed by atoms with Crippen LogP contribution < -0.4 is 10.6 Å². The first-order valence-corrected chi connectivity index (χ1v) is 11.1. The molecule has 0 spiro atoms. The van der Waals surface area contributed by atoms with Crippen LogP contribution in [0.1, 0.15) is 31.2 Å². The highest BCUT2D eigenvalue weighted by atomic mass is 16.2. The molecule has 1 aromatic carbocycles. The maximum Gasteiger partial charge on any atom is 0.223 e. The van der Waals surface area contributed by atoms with Crippen molar-refractivity contribution in [3.63, 3.8) is 0 Å². The maximum atomic E-state index is 12.3. The minimum atomic E-state index is 0.276. The van der Waals surface area contributed by atoms with Gasteiger partial charge >= 0.3 is 0 Å². The standard InChI is InChI=1S/C23H37N5O/c1-24-23(25-12-8-20-9-13-27(2)14-10-20)26-17-21-16-22(29)28(18-21)15-11-19-6-4-3-5-7-19/h3-7,20-21H,8-18H2,1-2H3,(H2,24,25,26). The van der Waals surface area contributed by atoms with Crippen LogP contribution in [0.15, 0.2) is 35.3 Å². The lowest BCUT2D eigenvalue weighted by Gasteiger charge is -2.29. The Balaban J connectivity index is 1.32. The molecule has 2 fully saturated rings. The Morgan fingerprint density at radius 1 is 1.14 bits per heavy atom. The fourth-order valence-electron chi connectivity index (χ4n) is 4.32. The van der Waals surface area contributed by atoms with Crippen molar-refractivity contribution in [1.82, 2.24) is 20.4 Å². The van der Waals surface area contributed by atoms with Gasteiger partial charge in [0.2, 0.25) is 5.91 Å². The summed E-state index contributed by atoms with van der Waals surface area (Å²) in [5, 5.41) is 6.87. The second kappa shape index (κ2) is 11.2. The molecule has 0 aromatic heterocycles. The number of likely N-dealkylation sites (tertiary alicyclic amines) is 2. The molecule has 160 valence electrons. The summed E-state index contributed by atoms with van der Waals surface area (Å²) in [6, 6.07) is 10.4. The van der Waals surface area contributed by atoms with Gasteiger partial charge in [0.05, 0.1) is 0 Å². The van der Waals surface area contributed by atoms with Crippen LogP contribution in [0.2, 0.25) is 0 Å². The number of guanidine groups is 1. The van der Waals surface area contributed by atoms with E-state index in [1.165, 1.54) is 37.9 Å². The summed E-state index contributed by atoms with van der Waals surface area (Å²) in [4.78, 5) is 21.1. The minimum absolute atomic E-state index is 0.276. The lowest BCUT2D eigenvalue weighted by molar-refractivity contribution is -0.127. The molecule has 0 aliphatic carbocycles. The maximum absolute atomic E-state index is 12.3. The number of nitrogens with one attached hydrogen (secondary N) is 2. The molecule has 1 aromatic rings. The van der Waals surface area contributed by atoms with E-state index >= 15 is 0 Å². The number of rotatable bonds is 8. The third kappa shape index (κ3) is 7.03. The van der Waals surface area contributed by atoms with Crippen molar-refractivity contribution in [1.29, 1.82) is 0 Å². The van der Waals surface area contributed by atoms with Crippen molar-refractivity contribution in [2.45, 2.75) is 32.1 Å². The van der Waals surface area contributed by atoms with Crippen LogP contribution in [0.25, 0.3) is 0 Å². The van der Waals surface area contributed by atoms with E-state index in [1.54, 1.807) is 0 Å². The number of benzene rings is 1. The van der Waals surface area contributed by atoms with Gasteiger partial charge in [-0.25, -0.2) is 0 Å². The number of piperidine rings is 1. The van der Waals surface area contributed by atoms with Gasteiger partial charge in [-0.05, 0) is 57.3 Å². The molecular formula is C23H37N5O. The van der Waals surface area contributed by atoms with Crippen LogP contribution in [0.5, 0.6) is 0 Å². The lowest BCUT2D eigenvalue weighted by atomic mass is 9.94. The number of aliphatic imine (C=N–C) groups is 1. The summed E-state index contributed by atoms with van der Waals surface area (Å²) >= 11 is 0. The van der Waals surface area contributed by atoms with E-state index in [-0.39, 0.29) is 5.91 Å². The van der Waals surface area contributed by atoms with E-state index in [9.17, 15) is 4.79 Å². The van der Waals surface area contributed by atoms with Crippen LogP contribution in [0.3, 0.4) is 0 Å². The molecule has 1 unspecified atom stereocenters. The van der Waals surface area contributed by atoms with Crippen LogP contribution in [0, 0.1) is 11.8 Å². The average molecular weight is 400 g/mol. The van der Waals surface area contributed by atoms with Gasteiger partial charge < -0.3 is 20.4 Å². The smallest absolute Gasteiger partial charge is 0.223 e. The van der Waals surface area contributed by atoms with Gasteiger partial charge in [0.15, 0.2) is 5.96 Å². The molecule has 1 amide bonds. The highest BCUT2D eigenvalue weighted by Crippen LogP contribution is 2.19. The number of carbonyl (C=O) groups excluding carboxylic acids is 1. The molecule has 0 saturated carbocycles. The Hall–Kier alpha value is -2.08. The Bertz CT molecular complexity index is 654. The average Bonchev–Trinajstić information content (AvgIpc) is 3.10. The fourth-order valence-corrected chi connectivity index (χ4v) is 4.32. The van der Waals surface area contributed by atoms with Gasteiger partial charge in [0, 0.05) is 45.6 Å². The highest BCUT2D eigenvalue weighted by molar-refractivity contribution is 5.80. The third-order valence-electron chi connectivity index (χ3n) is 6.27. The predicted molar refractivity (Wildman–Crippen MR) is 119 cm³/mol. The van der Waals surface area contributed by atoms with Crippen molar-refractivity contribution >= 4 is 11.9 Å². The van der Waals surface area contributed by atoms with E-state index in [0.29, 0.717) is 12.3 Å². The van der Waals surface area contributed by atoms with E-state index < -0.39 is 0 Å². The number of hydrogen-bond acceptors (Lipinski definition) is 3. The molecule has 1 atom stereocenters. The molecular weight excluding hydrogens is 362 g/mol. The summed E-state index contributed by atoms with van der Waals surface area (Å²) < 4.78 is 0. The molecule has 3 rings (SSSR count). The van der Waals surface area contributed by atoms with Gasteiger partial charge in [0.1, 0.15) is 0 Å². The predicted octanol–water partition coefficient (Wildman–Crippen LogP) is 1.97. The summed E-state index contributed by atoms with van der Waals surface area (Å²) in [6.45, 7) is 5.83. The van der Waals surface area contributed by atoms with E-state index in [1.807, 2.05) is 18.0 Å². The third-order valence-corrected chi connectivity index (χ3v) is 6.27. The minimum Gasteiger partial charge on any atom is -0.356 e. The first kappa shape index (κ1) is 21.6. The second-order valence-electron chi connectivity index (χ2n) is 8.56. The van der Waals surface area contributed by atoms with Crippen LogP contribution >= 0.6 is 0 Å². The largest absolute Gasteiger partial charge is 0.356 e. The van der Waals surface area contributed by atoms with Crippen molar-refractivity contribution in [2.24, 2.45) is 16.8 Å². The van der Waals surface area contributed by atoms with Crippen LogP contribution in [-0.4, -0.2) is 75.0 Å². The SMILES string of the molecule is CN=C(NCCC1CCN(C)CC1)NCC1CC(=O)N(CCc2ccccc2)C1. The first-order valence-electron chi connectivity index (χ1n) is 11.1. The fraction of sp³-hybridized carbons (Fsp3) is 0.652. The quantitative estimate of drug-likeness (QED) is 0.518. The lowest BCUT2D eigenvalue weighted by Crippen LogP contribution is -2.41. The van der Waals surface area contributed by atoms with Crippen molar-refractivity contribution < 1.29 is 4.79 Å². The Kier molecular flexibility index (Phi) is 8.35. The summed E-state index contributed by atoms with van der Waals surface area (Å²) in [5.74, 6) is 2.30. The van der Waals surface area contributed by atoms with Crippen molar-refractivity contribution in [3.05, 3.63) is 35.9 Å². The van der Waals surface area contributed by atoms with Gasteiger partial charge in [0.25, 0.3) is 0 Å². The summed E-state index contributed by atoms with van der Waals surface area (Å²) in [5.41, 5.74) is 1.29. The molecule has 2 saturated heterocycles. The highest BCUT2D eigenvalue weighted by Gasteiger charge is 2.29. The second-order valence-corrected chi connectivity index (χ2v) is 8.56. The number of amides is 1. The Labute approximate surface area is 175 Å². The molecule has 2 aliphatic rings. The van der Waals surface area contributed by atoms with E-state index in [2.05, 4.69) is 51.8 Å². The van der Waals surface area contributed by atoms with Crippen molar-refractivity contribution in [2.75, 3.05) is 53.4 Å². The molecule has 0 bridgehead atoms. The molecule has 6 nitrogen and oxygen atoms in total. The zero-order valence-electron chi connectivity index (χ0n) is 18.1. The van der Waals surface area contributed by atoms with Gasteiger partial charge in [-0.15, -0.1) is 0 Å². The topological polar surface area (TPSA) is 60.0 Å². The van der Waals surface area contributed by atoms with Gasteiger partial charge in [-0.3, -0.25) is 9.79 Å². The van der Waals surface area contributed by atoms with E-state index in [0.717, 1.165) is 44.5 Å². The monoisotopic (exact) mass is 399 g/mol. The zero-order chi connectivity index (χ0) is 20.5. The molecule has 2 heterocycles. The molecule has 6 heteroatoms. The summed E-state index contributed by atoms with van der Waals surface area (Å²) in [7, 11) is 4.02. The molecule has 0 radical (unpaired) electrons. The molecule has 29 heavy (non-hydrogen) atoms. The molecule has 2 aliphatic heterocycles. The normalized spacial score (nSPS) is 21.6. The number of hydrogen-bond donors (Lipinski definition) is 2. The van der Waals surface area contributed by atoms with Crippen LogP contribution in [0.4, 0.5) is 0 Å². The van der Waals surface area contributed by atoms with Gasteiger partial charge in [-0.2, -0.15) is 0 Å². The number of nitrogens with zero attached hydrogens (tertiary/aromatic N) is 3. The van der Waals surface area contributed by atoms with E-state index in [4.69, 9.17) is 0 Å². The van der Waals surface area contributed by atoms with Crippen LogP contribution in [-0.2, 0) is 11.2 Å².